The lowest BCUT2D eigenvalue weighted by atomic mass is 10.2. The highest BCUT2D eigenvalue weighted by Gasteiger charge is 2.14. The Bertz CT molecular complexity index is 970. The first-order chi connectivity index (χ1) is 15.0. The van der Waals surface area contributed by atoms with E-state index >= 15 is 0 Å². The van der Waals surface area contributed by atoms with Crippen LogP contribution in [0.4, 0.5) is 17.5 Å². The van der Waals surface area contributed by atoms with E-state index in [4.69, 9.17) is 14.2 Å². The number of likely N-dealkylation sites (N-methyl/N-ethyl adjacent to an activating group) is 1. The van der Waals surface area contributed by atoms with Crippen LogP contribution in [0, 0.1) is 0 Å². The van der Waals surface area contributed by atoms with Crippen molar-refractivity contribution in [3.8, 4) is 28.5 Å². The number of ether oxygens (including phenoxy) is 3. The van der Waals surface area contributed by atoms with Crippen LogP contribution < -0.4 is 24.8 Å². The fourth-order valence-corrected chi connectivity index (χ4v) is 2.92. The maximum Gasteiger partial charge on any atom is 0.227 e. The van der Waals surface area contributed by atoms with Gasteiger partial charge in [-0.3, -0.25) is 0 Å². The molecular weight excluding hydrogens is 396 g/mol. The molecule has 2 heterocycles. The molecule has 0 aliphatic rings. The Kier molecular flexibility index (Phi) is 7.45. The van der Waals surface area contributed by atoms with Gasteiger partial charge in [0.05, 0.1) is 27.0 Å². The van der Waals surface area contributed by atoms with Gasteiger partial charge in [0.15, 0.2) is 11.5 Å². The van der Waals surface area contributed by atoms with Gasteiger partial charge in [-0.2, -0.15) is 0 Å². The Morgan fingerprint density at radius 1 is 0.935 bits per heavy atom. The summed E-state index contributed by atoms with van der Waals surface area (Å²) in [6.07, 6.45) is 3.50. The van der Waals surface area contributed by atoms with E-state index in [0.29, 0.717) is 28.9 Å². The van der Waals surface area contributed by atoms with Crippen molar-refractivity contribution in [2.75, 3.05) is 59.1 Å². The third kappa shape index (κ3) is 5.73. The van der Waals surface area contributed by atoms with Crippen molar-refractivity contribution in [1.29, 1.82) is 0 Å². The Hall–Kier alpha value is -3.59. The topological polar surface area (TPSA) is 93.7 Å². The predicted octanol–water partition coefficient (Wildman–Crippen LogP) is 3.28. The van der Waals surface area contributed by atoms with Gasteiger partial charge >= 0.3 is 0 Å². The molecule has 1 aromatic carbocycles. The van der Waals surface area contributed by atoms with Crippen LogP contribution in [0.5, 0.6) is 17.2 Å². The molecule has 0 aliphatic heterocycles. The molecule has 0 aliphatic carbocycles. The summed E-state index contributed by atoms with van der Waals surface area (Å²) in [7, 11) is 8.79. The zero-order valence-electron chi connectivity index (χ0n) is 18.5. The minimum atomic E-state index is 0.444. The lowest BCUT2D eigenvalue weighted by Crippen LogP contribution is -2.21. The Morgan fingerprint density at radius 3 is 2.26 bits per heavy atom. The van der Waals surface area contributed by atoms with Gasteiger partial charge < -0.3 is 29.7 Å². The molecule has 3 aromatic rings. The summed E-state index contributed by atoms with van der Waals surface area (Å²) in [5, 5.41) is 6.49. The van der Waals surface area contributed by atoms with Crippen LogP contribution in [0.2, 0.25) is 0 Å². The summed E-state index contributed by atoms with van der Waals surface area (Å²) < 4.78 is 16.2. The molecule has 3 rings (SSSR count). The second-order valence-electron chi connectivity index (χ2n) is 6.97. The van der Waals surface area contributed by atoms with E-state index < -0.39 is 0 Å². The van der Waals surface area contributed by atoms with Crippen molar-refractivity contribution in [2.45, 2.75) is 0 Å². The Morgan fingerprint density at radius 2 is 1.68 bits per heavy atom. The van der Waals surface area contributed by atoms with Crippen LogP contribution in [0.25, 0.3) is 11.3 Å². The lowest BCUT2D eigenvalue weighted by Gasteiger charge is -2.14. The fraction of sp³-hybridized carbons (Fsp3) is 0.318. The van der Waals surface area contributed by atoms with Gasteiger partial charge in [-0.25, -0.2) is 15.0 Å². The van der Waals surface area contributed by atoms with Crippen LogP contribution in [-0.2, 0) is 0 Å². The van der Waals surface area contributed by atoms with Gasteiger partial charge in [0, 0.05) is 48.9 Å². The summed E-state index contributed by atoms with van der Waals surface area (Å²) >= 11 is 0. The van der Waals surface area contributed by atoms with Gasteiger partial charge in [-0.15, -0.1) is 0 Å². The molecule has 9 nitrogen and oxygen atoms in total. The number of hydrogen-bond acceptors (Lipinski definition) is 9. The number of nitrogens with zero attached hydrogens (tertiary/aromatic N) is 4. The van der Waals surface area contributed by atoms with Crippen molar-refractivity contribution in [3.63, 3.8) is 0 Å². The average Bonchev–Trinajstić information content (AvgIpc) is 2.78. The molecule has 31 heavy (non-hydrogen) atoms. The number of nitrogens with one attached hydrogen (secondary N) is 2. The molecule has 2 aromatic heterocycles. The zero-order chi connectivity index (χ0) is 22.2. The van der Waals surface area contributed by atoms with Gasteiger partial charge in [0.25, 0.3) is 0 Å². The minimum Gasteiger partial charge on any atom is -0.493 e. The third-order valence-corrected chi connectivity index (χ3v) is 4.50. The van der Waals surface area contributed by atoms with Gasteiger partial charge in [-0.1, -0.05) is 0 Å². The normalized spacial score (nSPS) is 10.6. The number of anilines is 3. The summed E-state index contributed by atoms with van der Waals surface area (Å²) in [6.45, 7) is 1.76. The van der Waals surface area contributed by atoms with Crippen LogP contribution in [0.1, 0.15) is 0 Å². The SMILES string of the molecule is COc1cc(Nc2nccc(-c3ccc(NCCN(C)C)nc3)n2)cc(OC)c1OC. The molecule has 9 heteroatoms. The molecular formula is C22H28N6O3. The molecule has 2 N–H and O–H groups in total. The summed E-state index contributed by atoms with van der Waals surface area (Å²) in [4.78, 5) is 15.5. The first kappa shape index (κ1) is 22.1. The van der Waals surface area contributed by atoms with Crippen molar-refractivity contribution < 1.29 is 14.2 Å². The maximum absolute atomic E-state index is 5.40. The van der Waals surface area contributed by atoms with Crippen LogP contribution in [0.3, 0.4) is 0 Å². The first-order valence-electron chi connectivity index (χ1n) is 9.79. The molecule has 0 saturated carbocycles. The van der Waals surface area contributed by atoms with Crippen molar-refractivity contribution in [2.24, 2.45) is 0 Å². The first-order valence-corrected chi connectivity index (χ1v) is 9.79. The van der Waals surface area contributed by atoms with Gasteiger partial charge in [0.2, 0.25) is 11.7 Å². The lowest BCUT2D eigenvalue weighted by molar-refractivity contribution is 0.324. The number of aromatic nitrogens is 3. The molecule has 0 fully saturated rings. The largest absolute Gasteiger partial charge is 0.493 e. The Balaban J connectivity index is 1.76. The predicted molar refractivity (Wildman–Crippen MR) is 122 cm³/mol. The highest BCUT2D eigenvalue weighted by atomic mass is 16.5. The van der Waals surface area contributed by atoms with Crippen LogP contribution in [0.15, 0.2) is 42.7 Å². The quantitative estimate of drug-likeness (QED) is 0.508. The van der Waals surface area contributed by atoms with E-state index in [9.17, 15) is 0 Å². The molecule has 0 radical (unpaired) electrons. The molecule has 0 unspecified atom stereocenters. The highest BCUT2D eigenvalue weighted by Crippen LogP contribution is 2.40. The number of pyridine rings is 1. The molecule has 0 spiro atoms. The van der Waals surface area contributed by atoms with E-state index in [1.54, 1.807) is 45.9 Å². The second-order valence-corrected chi connectivity index (χ2v) is 6.97. The van der Waals surface area contributed by atoms with Crippen molar-refractivity contribution >= 4 is 17.5 Å². The van der Waals surface area contributed by atoms with E-state index in [1.165, 1.54) is 0 Å². The highest BCUT2D eigenvalue weighted by molar-refractivity contribution is 5.67. The van der Waals surface area contributed by atoms with Gasteiger partial charge in [-0.05, 0) is 32.3 Å². The van der Waals surface area contributed by atoms with Gasteiger partial charge in [0.1, 0.15) is 5.82 Å². The van der Waals surface area contributed by atoms with E-state index in [1.807, 2.05) is 32.3 Å². The number of methoxy groups -OCH3 is 3. The molecule has 0 amide bonds. The van der Waals surface area contributed by atoms with E-state index in [2.05, 4.69) is 30.5 Å². The van der Waals surface area contributed by atoms with Crippen LogP contribution >= 0.6 is 0 Å². The smallest absolute Gasteiger partial charge is 0.227 e. The van der Waals surface area contributed by atoms with Crippen molar-refractivity contribution in [3.05, 3.63) is 42.7 Å². The monoisotopic (exact) mass is 424 g/mol. The van der Waals surface area contributed by atoms with E-state index in [-0.39, 0.29) is 0 Å². The summed E-state index contributed by atoms with van der Waals surface area (Å²) in [6, 6.07) is 9.37. The number of hydrogen-bond donors (Lipinski definition) is 2. The molecule has 0 bridgehead atoms. The number of benzene rings is 1. The standard InChI is InChI=1S/C22H28N6O3/c1-28(2)11-10-23-20-7-6-15(14-25-20)17-8-9-24-22(27-17)26-16-12-18(29-3)21(31-5)19(13-16)30-4/h6-9,12-14H,10-11H2,1-5H3,(H,23,25)(H,24,26,27). The van der Waals surface area contributed by atoms with Crippen molar-refractivity contribution in [1.82, 2.24) is 19.9 Å². The van der Waals surface area contributed by atoms with Crippen LogP contribution in [-0.4, -0.2) is 68.4 Å². The summed E-state index contributed by atoms with van der Waals surface area (Å²) in [5.41, 5.74) is 2.37. The molecule has 0 saturated heterocycles. The third-order valence-electron chi connectivity index (χ3n) is 4.50. The minimum absolute atomic E-state index is 0.444. The average molecular weight is 425 g/mol. The summed E-state index contributed by atoms with van der Waals surface area (Å²) in [5.74, 6) is 2.88. The van der Waals surface area contributed by atoms with E-state index in [0.717, 1.165) is 30.2 Å². The Labute approximate surface area is 182 Å². The zero-order valence-corrected chi connectivity index (χ0v) is 18.5. The molecule has 0 atom stereocenters. The maximum atomic E-state index is 5.40. The number of rotatable bonds is 10. The second kappa shape index (κ2) is 10.4. The fourth-order valence-electron chi connectivity index (χ4n) is 2.92. The molecule has 164 valence electrons.